The van der Waals surface area contributed by atoms with E-state index in [9.17, 15) is 0 Å². The van der Waals surface area contributed by atoms with Crippen LogP contribution in [0.2, 0.25) is 0 Å². The molecule has 0 bridgehead atoms. The van der Waals surface area contributed by atoms with E-state index in [1.165, 1.54) is 47.7 Å². The number of halogens is 1. The van der Waals surface area contributed by atoms with Crippen molar-refractivity contribution in [2.24, 2.45) is 5.92 Å². The van der Waals surface area contributed by atoms with Gasteiger partial charge in [0.05, 0.1) is 0 Å². The topological polar surface area (TPSA) is 0 Å². The average molecular weight is 341 g/mol. The molecule has 21 heavy (non-hydrogen) atoms. The summed E-state index contributed by atoms with van der Waals surface area (Å²) in [6.07, 6.45) is 6.73. The van der Waals surface area contributed by atoms with Gasteiger partial charge in [0.1, 0.15) is 0 Å². The molecule has 0 nitrogen and oxygen atoms in total. The van der Waals surface area contributed by atoms with Crippen LogP contribution in [0.25, 0.3) is 11.1 Å². The monoisotopic (exact) mass is 340 g/mol. The van der Waals surface area contributed by atoms with Crippen molar-refractivity contribution < 1.29 is 0 Å². The summed E-state index contributed by atoms with van der Waals surface area (Å²) in [6, 6.07) is 16.1. The third kappa shape index (κ3) is 1.80. The Kier molecular flexibility index (Phi) is 3.22. The number of benzene rings is 2. The van der Waals surface area contributed by atoms with Gasteiger partial charge in [-0.3, -0.25) is 0 Å². The molecular formula is C20H21Br. The van der Waals surface area contributed by atoms with E-state index in [1.54, 1.807) is 11.1 Å². The van der Waals surface area contributed by atoms with Crippen LogP contribution in [-0.2, 0) is 5.41 Å². The van der Waals surface area contributed by atoms with Gasteiger partial charge in [-0.15, -0.1) is 0 Å². The van der Waals surface area contributed by atoms with Gasteiger partial charge in [-0.05, 0) is 53.1 Å². The Bertz CT molecular complexity index is 688. The zero-order valence-corrected chi connectivity index (χ0v) is 14.1. The Hall–Kier alpha value is -1.08. The van der Waals surface area contributed by atoms with E-state index >= 15 is 0 Å². The van der Waals surface area contributed by atoms with Crippen LogP contribution in [0.4, 0.5) is 0 Å². The smallest absolute Gasteiger partial charge is 0.0243 e. The lowest BCUT2D eigenvalue weighted by atomic mass is 9.60. The van der Waals surface area contributed by atoms with E-state index in [-0.39, 0.29) is 5.41 Å². The highest BCUT2D eigenvalue weighted by molar-refractivity contribution is 9.10. The van der Waals surface area contributed by atoms with Gasteiger partial charge in [0.25, 0.3) is 0 Å². The lowest BCUT2D eigenvalue weighted by molar-refractivity contribution is 0.224. The van der Waals surface area contributed by atoms with E-state index in [1.807, 2.05) is 0 Å². The first-order chi connectivity index (χ1) is 10.3. The van der Waals surface area contributed by atoms with Gasteiger partial charge in [-0.2, -0.15) is 0 Å². The fraction of sp³-hybridized carbons (Fsp3) is 0.400. The van der Waals surface area contributed by atoms with E-state index in [0.717, 1.165) is 5.92 Å². The van der Waals surface area contributed by atoms with Gasteiger partial charge in [-0.1, -0.05) is 72.4 Å². The molecule has 1 spiro atoms. The number of fused-ring (bicyclic) bond motifs is 5. The maximum atomic E-state index is 3.66. The molecule has 108 valence electrons. The zero-order valence-electron chi connectivity index (χ0n) is 12.5. The highest BCUT2D eigenvalue weighted by atomic mass is 79.9. The van der Waals surface area contributed by atoms with Crippen molar-refractivity contribution in [2.45, 2.75) is 44.4 Å². The summed E-state index contributed by atoms with van der Waals surface area (Å²) in [7, 11) is 0. The summed E-state index contributed by atoms with van der Waals surface area (Å²) >= 11 is 3.66. The van der Waals surface area contributed by atoms with Crippen molar-refractivity contribution in [1.29, 1.82) is 0 Å². The van der Waals surface area contributed by atoms with Crippen LogP contribution in [0, 0.1) is 5.92 Å². The molecule has 0 saturated heterocycles. The van der Waals surface area contributed by atoms with Gasteiger partial charge in [0.15, 0.2) is 0 Å². The Balaban J connectivity index is 2.04. The Morgan fingerprint density at radius 2 is 1.86 bits per heavy atom. The molecular weight excluding hydrogens is 320 g/mol. The fourth-order valence-corrected chi connectivity index (χ4v) is 5.25. The zero-order chi connectivity index (χ0) is 14.4. The molecule has 2 aromatic rings. The fourth-order valence-electron chi connectivity index (χ4n) is 4.89. The maximum absolute atomic E-state index is 3.66. The van der Waals surface area contributed by atoms with Gasteiger partial charge in [-0.25, -0.2) is 0 Å². The lowest BCUT2D eigenvalue weighted by Crippen LogP contribution is -2.37. The van der Waals surface area contributed by atoms with Crippen LogP contribution < -0.4 is 0 Å². The molecule has 2 aromatic carbocycles. The summed E-state index contributed by atoms with van der Waals surface area (Å²) in [5.74, 6) is 0.787. The Morgan fingerprint density at radius 1 is 1.05 bits per heavy atom. The van der Waals surface area contributed by atoms with Gasteiger partial charge in [0.2, 0.25) is 0 Å². The van der Waals surface area contributed by atoms with E-state index in [2.05, 4.69) is 65.3 Å². The predicted molar refractivity (Wildman–Crippen MR) is 92.6 cm³/mol. The highest BCUT2D eigenvalue weighted by Gasteiger charge is 2.48. The quantitative estimate of drug-likeness (QED) is 0.570. The first-order valence-electron chi connectivity index (χ1n) is 8.17. The number of rotatable bonds is 1. The molecule has 0 amide bonds. The molecule has 0 N–H and O–H groups in total. The van der Waals surface area contributed by atoms with E-state index < -0.39 is 0 Å². The van der Waals surface area contributed by atoms with E-state index in [0.29, 0.717) is 0 Å². The lowest BCUT2D eigenvalue weighted by Gasteiger charge is -2.43. The third-order valence-electron chi connectivity index (χ3n) is 5.72. The minimum absolute atomic E-state index is 0.277. The van der Waals surface area contributed by atoms with Gasteiger partial charge >= 0.3 is 0 Å². The van der Waals surface area contributed by atoms with Crippen LogP contribution in [0.15, 0.2) is 46.9 Å². The number of hydrogen-bond donors (Lipinski definition) is 0. The Morgan fingerprint density at radius 3 is 2.71 bits per heavy atom. The first-order valence-corrected chi connectivity index (χ1v) is 8.96. The Labute approximate surface area is 135 Å². The maximum Gasteiger partial charge on any atom is 0.0243 e. The molecule has 1 heteroatoms. The first kappa shape index (κ1) is 13.6. The second-order valence-electron chi connectivity index (χ2n) is 6.56. The molecule has 1 fully saturated rings. The standard InChI is InChI=1S/C20H21Br/c1-2-14-7-5-6-12-20(14)18-9-4-3-8-16(18)17-13-15(21)10-11-19(17)20/h3-4,8-11,13-14H,2,5-7,12H2,1H3. The molecule has 0 aromatic heterocycles. The highest BCUT2D eigenvalue weighted by Crippen LogP contribution is 2.58. The molecule has 2 atom stereocenters. The molecule has 4 rings (SSSR count). The average Bonchev–Trinajstić information content (AvgIpc) is 2.79. The van der Waals surface area contributed by atoms with Crippen molar-refractivity contribution in [1.82, 2.24) is 0 Å². The minimum atomic E-state index is 0.277. The molecule has 0 aliphatic heterocycles. The summed E-state index contributed by atoms with van der Waals surface area (Å²) in [5.41, 5.74) is 6.37. The largest absolute Gasteiger partial charge is 0.0651 e. The van der Waals surface area contributed by atoms with Crippen LogP contribution in [0.5, 0.6) is 0 Å². The predicted octanol–water partition coefficient (Wildman–Crippen LogP) is 6.32. The minimum Gasteiger partial charge on any atom is -0.0651 e. The van der Waals surface area contributed by atoms with E-state index in [4.69, 9.17) is 0 Å². The normalized spacial score (nSPS) is 26.7. The van der Waals surface area contributed by atoms with Crippen molar-refractivity contribution >= 4 is 15.9 Å². The molecule has 2 unspecified atom stereocenters. The second-order valence-corrected chi connectivity index (χ2v) is 7.47. The second kappa shape index (κ2) is 4.98. The van der Waals surface area contributed by atoms with Crippen molar-refractivity contribution in [3.8, 4) is 11.1 Å². The number of hydrogen-bond acceptors (Lipinski definition) is 0. The van der Waals surface area contributed by atoms with Crippen LogP contribution in [0.3, 0.4) is 0 Å². The molecule has 0 radical (unpaired) electrons. The molecule has 0 heterocycles. The van der Waals surface area contributed by atoms with Gasteiger partial charge in [0, 0.05) is 9.89 Å². The van der Waals surface area contributed by atoms with Gasteiger partial charge < -0.3 is 0 Å². The van der Waals surface area contributed by atoms with Crippen LogP contribution >= 0.6 is 15.9 Å². The molecule has 2 aliphatic rings. The van der Waals surface area contributed by atoms with Crippen LogP contribution in [0.1, 0.15) is 50.2 Å². The molecule has 2 aliphatic carbocycles. The summed E-state index contributed by atoms with van der Waals surface area (Å²) in [5, 5.41) is 0. The van der Waals surface area contributed by atoms with Crippen molar-refractivity contribution in [3.05, 3.63) is 58.1 Å². The molecule has 1 saturated carbocycles. The third-order valence-corrected chi connectivity index (χ3v) is 6.22. The summed E-state index contributed by atoms with van der Waals surface area (Å²) < 4.78 is 1.19. The SMILES string of the molecule is CCC1CCCCC12c1ccccc1-c1cc(Br)ccc12. The van der Waals surface area contributed by atoms with Crippen LogP contribution in [-0.4, -0.2) is 0 Å². The summed E-state index contributed by atoms with van der Waals surface area (Å²) in [4.78, 5) is 0. The van der Waals surface area contributed by atoms with Crippen molar-refractivity contribution in [3.63, 3.8) is 0 Å². The summed E-state index contributed by atoms with van der Waals surface area (Å²) in [6.45, 7) is 2.37. The van der Waals surface area contributed by atoms with Crippen molar-refractivity contribution in [2.75, 3.05) is 0 Å².